The number of nitrogens with one attached hydrogen (secondary N) is 2. The molecule has 20 heavy (non-hydrogen) atoms. The normalized spacial score (nSPS) is 14.1. The van der Waals surface area contributed by atoms with Gasteiger partial charge in [0.25, 0.3) is 0 Å². The van der Waals surface area contributed by atoms with Gasteiger partial charge in [0.05, 0.1) is 6.54 Å². The fraction of sp³-hybridized carbons (Fsp3) is 0.562. The van der Waals surface area contributed by atoms with E-state index in [-0.39, 0.29) is 5.91 Å². The highest BCUT2D eigenvalue weighted by Gasteiger charge is 2.19. The Bertz CT molecular complexity index is 426. The van der Waals surface area contributed by atoms with Crippen LogP contribution < -0.4 is 15.5 Å². The van der Waals surface area contributed by atoms with Crippen LogP contribution in [0.2, 0.25) is 0 Å². The van der Waals surface area contributed by atoms with E-state index in [0.717, 1.165) is 31.2 Å². The summed E-state index contributed by atoms with van der Waals surface area (Å²) in [5.74, 6) is 0.0536. The van der Waals surface area contributed by atoms with Crippen molar-refractivity contribution < 1.29 is 4.79 Å². The smallest absolute Gasteiger partial charge is 0.239 e. The molecule has 1 saturated carbocycles. The summed E-state index contributed by atoms with van der Waals surface area (Å²) in [7, 11) is 1.68. The molecule has 0 saturated heterocycles. The van der Waals surface area contributed by atoms with E-state index in [1.807, 2.05) is 0 Å². The van der Waals surface area contributed by atoms with E-state index in [9.17, 15) is 4.79 Å². The maximum absolute atomic E-state index is 11.6. The van der Waals surface area contributed by atoms with Crippen LogP contribution in [0.15, 0.2) is 24.3 Å². The van der Waals surface area contributed by atoms with Crippen molar-refractivity contribution in [1.82, 2.24) is 10.6 Å². The number of hydrogen-bond donors (Lipinski definition) is 2. The number of carbonyl (C=O) groups excluding carboxylic acids is 1. The monoisotopic (exact) mass is 275 g/mol. The summed E-state index contributed by atoms with van der Waals surface area (Å²) < 4.78 is 0. The standard InChI is InChI=1S/C16H25N3O/c1-3-10-19(12-16(20)17-2)15-8-4-13(5-9-15)11-18-14-6-7-14/h4-5,8-9,14,18H,3,6-7,10-12H2,1-2H3,(H,17,20). The van der Waals surface area contributed by atoms with E-state index in [1.54, 1.807) is 7.05 Å². The summed E-state index contributed by atoms with van der Waals surface area (Å²) in [4.78, 5) is 13.7. The molecule has 0 heterocycles. The zero-order valence-electron chi connectivity index (χ0n) is 12.5. The molecule has 0 aromatic heterocycles. The molecule has 1 amide bonds. The van der Waals surface area contributed by atoms with Crippen LogP contribution in [-0.4, -0.2) is 32.1 Å². The van der Waals surface area contributed by atoms with Gasteiger partial charge in [0.2, 0.25) is 5.91 Å². The average Bonchev–Trinajstić information content (AvgIpc) is 3.29. The third-order valence-corrected chi connectivity index (χ3v) is 3.58. The minimum absolute atomic E-state index is 0.0536. The van der Waals surface area contributed by atoms with Gasteiger partial charge < -0.3 is 15.5 Å². The second kappa shape index (κ2) is 7.29. The molecule has 2 N–H and O–H groups in total. The molecule has 1 aromatic carbocycles. The highest BCUT2D eigenvalue weighted by atomic mass is 16.1. The molecule has 2 rings (SSSR count). The largest absolute Gasteiger partial charge is 0.362 e. The molecule has 0 spiro atoms. The molecule has 4 heteroatoms. The Labute approximate surface area is 121 Å². The van der Waals surface area contributed by atoms with Crippen molar-refractivity contribution in [2.45, 2.75) is 38.8 Å². The molecule has 4 nitrogen and oxygen atoms in total. The molecule has 1 fully saturated rings. The lowest BCUT2D eigenvalue weighted by Crippen LogP contribution is -2.36. The fourth-order valence-electron chi connectivity index (χ4n) is 2.20. The lowest BCUT2D eigenvalue weighted by atomic mass is 10.2. The van der Waals surface area contributed by atoms with Gasteiger partial charge in [-0.15, -0.1) is 0 Å². The fourth-order valence-corrected chi connectivity index (χ4v) is 2.20. The van der Waals surface area contributed by atoms with Crippen LogP contribution in [0.3, 0.4) is 0 Å². The SMILES string of the molecule is CCCN(CC(=O)NC)c1ccc(CNC2CC2)cc1. The number of likely N-dealkylation sites (N-methyl/N-ethyl adjacent to an activating group) is 1. The van der Waals surface area contributed by atoms with Gasteiger partial charge in [-0.2, -0.15) is 0 Å². The molecule has 110 valence electrons. The van der Waals surface area contributed by atoms with Gasteiger partial charge in [0, 0.05) is 31.9 Å². The summed E-state index contributed by atoms with van der Waals surface area (Å²) in [6.07, 6.45) is 3.66. The van der Waals surface area contributed by atoms with Crippen LogP contribution in [0.25, 0.3) is 0 Å². The first-order valence-electron chi connectivity index (χ1n) is 7.50. The number of carbonyl (C=O) groups is 1. The van der Waals surface area contributed by atoms with Gasteiger partial charge in [0.1, 0.15) is 0 Å². The Kier molecular flexibility index (Phi) is 5.41. The first kappa shape index (κ1) is 14.9. The number of amides is 1. The molecule has 0 radical (unpaired) electrons. The van der Waals surface area contributed by atoms with Crippen molar-refractivity contribution in [2.24, 2.45) is 0 Å². The first-order valence-corrected chi connectivity index (χ1v) is 7.50. The van der Waals surface area contributed by atoms with Crippen molar-refractivity contribution in [3.63, 3.8) is 0 Å². The molecule has 0 unspecified atom stereocenters. The van der Waals surface area contributed by atoms with Crippen LogP contribution >= 0.6 is 0 Å². The minimum atomic E-state index is 0.0536. The third kappa shape index (κ3) is 4.53. The van der Waals surface area contributed by atoms with Crippen LogP contribution in [0.1, 0.15) is 31.7 Å². The summed E-state index contributed by atoms with van der Waals surface area (Å²) in [6, 6.07) is 9.26. The van der Waals surface area contributed by atoms with Gasteiger partial charge in [-0.1, -0.05) is 19.1 Å². The topological polar surface area (TPSA) is 44.4 Å². The average molecular weight is 275 g/mol. The van der Waals surface area contributed by atoms with Gasteiger partial charge in [-0.05, 0) is 37.0 Å². The molecule has 1 aromatic rings. The molecule has 0 atom stereocenters. The van der Waals surface area contributed by atoms with E-state index < -0.39 is 0 Å². The van der Waals surface area contributed by atoms with Gasteiger partial charge in [0.15, 0.2) is 0 Å². The number of benzene rings is 1. The zero-order valence-corrected chi connectivity index (χ0v) is 12.5. The third-order valence-electron chi connectivity index (χ3n) is 3.58. The Morgan fingerprint density at radius 1 is 1.30 bits per heavy atom. The van der Waals surface area contributed by atoms with Gasteiger partial charge in [-0.25, -0.2) is 0 Å². The second-order valence-electron chi connectivity index (χ2n) is 5.42. The predicted molar refractivity (Wildman–Crippen MR) is 82.9 cm³/mol. The Morgan fingerprint density at radius 3 is 2.55 bits per heavy atom. The molecular weight excluding hydrogens is 250 g/mol. The molecular formula is C16H25N3O. The number of rotatable bonds is 8. The summed E-state index contributed by atoms with van der Waals surface area (Å²) >= 11 is 0. The van der Waals surface area contributed by atoms with Crippen LogP contribution in [0.4, 0.5) is 5.69 Å². The van der Waals surface area contributed by atoms with E-state index in [0.29, 0.717) is 6.54 Å². The van der Waals surface area contributed by atoms with E-state index in [1.165, 1.54) is 18.4 Å². The Hall–Kier alpha value is -1.55. The molecule has 1 aliphatic carbocycles. The van der Waals surface area contributed by atoms with E-state index in [4.69, 9.17) is 0 Å². The van der Waals surface area contributed by atoms with Crippen LogP contribution in [-0.2, 0) is 11.3 Å². The molecule has 0 aliphatic heterocycles. The van der Waals surface area contributed by atoms with E-state index >= 15 is 0 Å². The summed E-state index contributed by atoms with van der Waals surface area (Å²) in [5.41, 5.74) is 2.42. The molecule has 0 bridgehead atoms. The zero-order chi connectivity index (χ0) is 14.4. The maximum Gasteiger partial charge on any atom is 0.239 e. The predicted octanol–water partition coefficient (Wildman–Crippen LogP) is 1.90. The lowest BCUT2D eigenvalue weighted by molar-refractivity contribution is -0.119. The summed E-state index contributed by atoms with van der Waals surface area (Å²) in [5, 5.41) is 6.19. The van der Waals surface area contributed by atoms with Gasteiger partial charge >= 0.3 is 0 Å². The van der Waals surface area contributed by atoms with E-state index in [2.05, 4.69) is 46.7 Å². The summed E-state index contributed by atoms with van der Waals surface area (Å²) in [6.45, 7) is 4.38. The van der Waals surface area contributed by atoms with Crippen molar-refractivity contribution in [3.8, 4) is 0 Å². The quantitative estimate of drug-likeness (QED) is 0.761. The lowest BCUT2D eigenvalue weighted by Gasteiger charge is -2.23. The number of nitrogens with zero attached hydrogens (tertiary/aromatic N) is 1. The van der Waals surface area contributed by atoms with Crippen molar-refractivity contribution in [3.05, 3.63) is 29.8 Å². The van der Waals surface area contributed by atoms with Crippen LogP contribution in [0.5, 0.6) is 0 Å². The second-order valence-corrected chi connectivity index (χ2v) is 5.42. The van der Waals surface area contributed by atoms with Crippen LogP contribution in [0, 0.1) is 0 Å². The first-order chi connectivity index (χ1) is 9.72. The van der Waals surface area contributed by atoms with Crippen molar-refractivity contribution in [1.29, 1.82) is 0 Å². The van der Waals surface area contributed by atoms with Gasteiger partial charge in [-0.3, -0.25) is 4.79 Å². The minimum Gasteiger partial charge on any atom is -0.362 e. The Balaban J connectivity index is 1.94. The molecule has 1 aliphatic rings. The number of anilines is 1. The highest BCUT2D eigenvalue weighted by molar-refractivity contribution is 5.81. The maximum atomic E-state index is 11.6. The number of hydrogen-bond acceptors (Lipinski definition) is 3. The van der Waals surface area contributed by atoms with Crippen molar-refractivity contribution >= 4 is 11.6 Å². The Morgan fingerprint density at radius 2 is 2.00 bits per heavy atom. The highest BCUT2D eigenvalue weighted by Crippen LogP contribution is 2.20. The van der Waals surface area contributed by atoms with Crippen molar-refractivity contribution in [2.75, 3.05) is 25.0 Å².